The Hall–Kier alpha value is -2.46. The number of ether oxygens (including phenoxy) is 1. The molecule has 6 heteroatoms. The van der Waals surface area contributed by atoms with Crippen molar-refractivity contribution >= 4 is 6.15 Å². The zero-order valence-electron chi connectivity index (χ0n) is 10.8. The van der Waals surface area contributed by atoms with Crippen molar-refractivity contribution in [1.29, 1.82) is 0 Å². The molecular weight excluding hydrogens is 246 g/mol. The molecule has 6 nitrogen and oxygen atoms in total. The molecule has 0 saturated heterocycles. The molecule has 0 aliphatic rings. The van der Waals surface area contributed by atoms with E-state index in [0.29, 0.717) is 11.8 Å². The van der Waals surface area contributed by atoms with Gasteiger partial charge in [0, 0.05) is 0 Å². The van der Waals surface area contributed by atoms with Crippen molar-refractivity contribution in [3.8, 4) is 11.6 Å². The van der Waals surface area contributed by atoms with Crippen molar-refractivity contribution < 1.29 is 14.3 Å². The molecule has 1 aromatic heterocycles. The van der Waals surface area contributed by atoms with E-state index in [9.17, 15) is 0 Å². The van der Waals surface area contributed by atoms with Crippen LogP contribution in [0.2, 0.25) is 0 Å². The maximum Gasteiger partial charge on any atom is 0.373 e. The average Bonchev–Trinajstić information content (AvgIpc) is 2.85. The van der Waals surface area contributed by atoms with E-state index in [1.807, 2.05) is 12.1 Å². The first kappa shape index (κ1) is 14.6. The largest absolute Gasteiger partial charge is 0.436 e. The highest BCUT2D eigenvalue weighted by Gasteiger charge is 2.01. The van der Waals surface area contributed by atoms with Crippen molar-refractivity contribution in [1.82, 2.24) is 15.4 Å². The Bertz CT molecular complexity index is 500. The van der Waals surface area contributed by atoms with Crippen LogP contribution in [0, 0.1) is 5.92 Å². The molecule has 1 N–H and O–H groups in total. The molecule has 0 fully saturated rings. The number of hydrogen-bond donors (Lipinski definition) is 1. The number of nitrogens with zero attached hydrogens (tertiary/aromatic N) is 2. The minimum Gasteiger partial charge on any atom is -0.436 e. The van der Waals surface area contributed by atoms with E-state index in [2.05, 4.69) is 41.4 Å². The Morgan fingerprint density at radius 2 is 1.89 bits per heavy atom. The Labute approximate surface area is 110 Å². The quantitative estimate of drug-likeness (QED) is 0.912. The van der Waals surface area contributed by atoms with Crippen molar-refractivity contribution in [2.45, 2.75) is 20.3 Å². The lowest BCUT2D eigenvalue weighted by molar-refractivity contribution is -0.191. The highest BCUT2D eigenvalue weighted by Crippen LogP contribution is 2.19. The number of carbonyl (C=O) groups excluding carboxylic acids is 2. The molecule has 2 aromatic rings. The third-order valence-electron chi connectivity index (χ3n) is 2.18. The van der Waals surface area contributed by atoms with Gasteiger partial charge < -0.3 is 4.74 Å². The Morgan fingerprint density at radius 3 is 2.37 bits per heavy atom. The van der Waals surface area contributed by atoms with Crippen molar-refractivity contribution in [2.75, 3.05) is 0 Å². The second-order valence-corrected chi connectivity index (χ2v) is 4.24. The number of H-pyrrole nitrogens is 1. The minimum atomic E-state index is 0.250. The fraction of sp³-hybridized carbons (Fsp3) is 0.308. The third kappa shape index (κ3) is 5.61. The molecule has 1 aromatic carbocycles. The number of rotatable bonds is 4. The van der Waals surface area contributed by atoms with Gasteiger partial charge in [-0.1, -0.05) is 26.0 Å². The summed E-state index contributed by atoms with van der Waals surface area (Å²) in [5.74, 6) is 1.93. The van der Waals surface area contributed by atoms with Gasteiger partial charge in [-0.25, -0.2) is 0 Å². The van der Waals surface area contributed by atoms with E-state index >= 15 is 0 Å². The molecule has 0 unspecified atom stereocenters. The molecule has 1 heterocycles. The Morgan fingerprint density at radius 1 is 1.26 bits per heavy atom. The van der Waals surface area contributed by atoms with E-state index in [1.165, 1.54) is 5.56 Å². The SMILES string of the molecule is CC(C)Cc1ccc(Oc2cn[nH]n2)cc1.O=C=O. The normalized spacial score (nSPS) is 9.42. The van der Waals surface area contributed by atoms with Crippen LogP contribution in [0.3, 0.4) is 0 Å². The van der Waals surface area contributed by atoms with Gasteiger partial charge >= 0.3 is 6.15 Å². The summed E-state index contributed by atoms with van der Waals surface area (Å²) < 4.78 is 5.47. The first-order chi connectivity index (χ1) is 9.15. The predicted molar refractivity (Wildman–Crippen MR) is 66.4 cm³/mol. The van der Waals surface area contributed by atoms with E-state index in [0.717, 1.165) is 12.2 Å². The maximum atomic E-state index is 8.12. The molecule has 19 heavy (non-hydrogen) atoms. The Balaban J connectivity index is 0.000000550. The zero-order valence-corrected chi connectivity index (χ0v) is 10.8. The van der Waals surface area contributed by atoms with Gasteiger partial charge in [0.2, 0.25) is 0 Å². The highest BCUT2D eigenvalue weighted by molar-refractivity contribution is 5.29. The van der Waals surface area contributed by atoms with Crippen molar-refractivity contribution in [3.05, 3.63) is 36.0 Å². The summed E-state index contributed by atoms with van der Waals surface area (Å²) in [4.78, 5) is 16.2. The third-order valence-corrected chi connectivity index (χ3v) is 2.18. The zero-order chi connectivity index (χ0) is 14.1. The molecule has 0 aliphatic heterocycles. The van der Waals surface area contributed by atoms with Gasteiger partial charge in [-0.05, 0) is 30.0 Å². The summed E-state index contributed by atoms with van der Waals surface area (Å²) in [5.41, 5.74) is 1.32. The molecule has 0 spiro atoms. The lowest BCUT2D eigenvalue weighted by Crippen LogP contribution is -1.93. The molecule has 0 bridgehead atoms. The molecule has 0 radical (unpaired) electrons. The molecule has 2 rings (SSSR count). The van der Waals surface area contributed by atoms with E-state index in [4.69, 9.17) is 14.3 Å². The van der Waals surface area contributed by atoms with Crippen LogP contribution in [-0.2, 0) is 16.0 Å². The number of aromatic amines is 1. The van der Waals surface area contributed by atoms with Crippen molar-refractivity contribution in [3.63, 3.8) is 0 Å². The molecule has 0 aliphatic carbocycles. The molecular formula is C13H15N3O3. The lowest BCUT2D eigenvalue weighted by atomic mass is 10.0. The van der Waals surface area contributed by atoms with Crippen LogP contribution in [0.1, 0.15) is 19.4 Å². The molecule has 0 saturated carbocycles. The van der Waals surface area contributed by atoms with Gasteiger partial charge in [0.1, 0.15) is 11.9 Å². The molecule has 100 valence electrons. The second-order valence-electron chi connectivity index (χ2n) is 4.24. The van der Waals surface area contributed by atoms with Gasteiger partial charge in [0.25, 0.3) is 5.88 Å². The van der Waals surface area contributed by atoms with Crippen LogP contribution >= 0.6 is 0 Å². The van der Waals surface area contributed by atoms with Crippen LogP contribution in [-0.4, -0.2) is 21.6 Å². The number of hydrogen-bond acceptors (Lipinski definition) is 5. The monoisotopic (exact) mass is 261 g/mol. The standard InChI is InChI=1S/C12H15N3O.CO2/c1-9(2)7-10-3-5-11(6-4-10)16-12-8-13-15-14-12;2-1-3/h3-6,8-9H,7H2,1-2H3,(H,13,14,15);. The molecule has 0 atom stereocenters. The summed E-state index contributed by atoms with van der Waals surface area (Å²) in [6.07, 6.45) is 2.88. The van der Waals surface area contributed by atoms with Gasteiger partial charge in [-0.3, -0.25) is 0 Å². The first-order valence-electron chi connectivity index (χ1n) is 5.77. The first-order valence-corrected chi connectivity index (χ1v) is 5.77. The maximum absolute atomic E-state index is 8.12. The number of nitrogens with one attached hydrogen (secondary N) is 1. The second kappa shape index (κ2) is 7.79. The summed E-state index contributed by atoms with van der Waals surface area (Å²) in [7, 11) is 0. The predicted octanol–water partition coefficient (Wildman–Crippen LogP) is 2.21. The average molecular weight is 261 g/mol. The van der Waals surface area contributed by atoms with Gasteiger partial charge in [-0.15, -0.1) is 5.10 Å². The topological polar surface area (TPSA) is 84.9 Å². The number of aromatic nitrogens is 3. The van der Waals surface area contributed by atoms with Crippen LogP contribution in [0.5, 0.6) is 11.6 Å². The smallest absolute Gasteiger partial charge is 0.373 e. The van der Waals surface area contributed by atoms with E-state index in [-0.39, 0.29) is 6.15 Å². The Kier molecular flexibility index (Phi) is 5.98. The van der Waals surface area contributed by atoms with Gasteiger partial charge in [0.15, 0.2) is 0 Å². The minimum absolute atomic E-state index is 0.250. The summed E-state index contributed by atoms with van der Waals surface area (Å²) >= 11 is 0. The van der Waals surface area contributed by atoms with Crippen LogP contribution in [0.15, 0.2) is 30.5 Å². The highest BCUT2D eigenvalue weighted by atomic mass is 16.5. The van der Waals surface area contributed by atoms with Crippen LogP contribution < -0.4 is 4.74 Å². The van der Waals surface area contributed by atoms with E-state index in [1.54, 1.807) is 6.20 Å². The van der Waals surface area contributed by atoms with Gasteiger partial charge in [-0.2, -0.15) is 19.9 Å². The summed E-state index contributed by atoms with van der Waals surface area (Å²) in [6, 6.07) is 8.06. The summed E-state index contributed by atoms with van der Waals surface area (Å²) in [5, 5.41) is 10.0. The summed E-state index contributed by atoms with van der Waals surface area (Å²) in [6.45, 7) is 4.42. The van der Waals surface area contributed by atoms with Crippen LogP contribution in [0.25, 0.3) is 0 Å². The van der Waals surface area contributed by atoms with E-state index < -0.39 is 0 Å². The van der Waals surface area contributed by atoms with Crippen molar-refractivity contribution in [2.24, 2.45) is 5.92 Å². The number of benzene rings is 1. The lowest BCUT2D eigenvalue weighted by Gasteiger charge is -2.06. The van der Waals surface area contributed by atoms with Gasteiger partial charge in [0.05, 0.1) is 0 Å². The molecule has 0 amide bonds. The van der Waals surface area contributed by atoms with Crippen LogP contribution in [0.4, 0.5) is 0 Å². The fourth-order valence-electron chi connectivity index (χ4n) is 1.53. The fourth-order valence-corrected chi connectivity index (χ4v) is 1.53.